The van der Waals surface area contributed by atoms with Gasteiger partial charge in [-0.25, -0.2) is 0 Å². The van der Waals surface area contributed by atoms with Crippen molar-refractivity contribution in [3.8, 4) is 5.75 Å². The summed E-state index contributed by atoms with van der Waals surface area (Å²) in [6.07, 6.45) is 2.01. The van der Waals surface area contributed by atoms with Crippen molar-refractivity contribution >= 4 is 5.97 Å². The molecule has 0 aliphatic heterocycles. The predicted octanol–water partition coefficient (Wildman–Crippen LogP) is 2.48. The molecule has 1 rings (SSSR count). The molecule has 0 aliphatic rings. The Morgan fingerprint density at radius 2 is 1.88 bits per heavy atom. The van der Waals surface area contributed by atoms with Crippen LogP contribution in [0.25, 0.3) is 0 Å². The number of carbonyl (C=O) groups excluding carboxylic acids is 1. The highest BCUT2D eigenvalue weighted by molar-refractivity contribution is 5.79. The summed E-state index contributed by atoms with van der Waals surface area (Å²) in [6.45, 7) is 5.50. The van der Waals surface area contributed by atoms with Crippen LogP contribution < -0.4 is 0 Å². The Labute approximate surface area is 96.1 Å². The number of benzene rings is 1. The van der Waals surface area contributed by atoms with E-state index in [0.29, 0.717) is 6.42 Å². The van der Waals surface area contributed by atoms with Crippen LogP contribution in [0.4, 0.5) is 0 Å². The second-order valence-electron chi connectivity index (χ2n) is 4.61. The summed E-state index contributed by atoms with van der Waals surface area (Å²) in [5, 5.41) is 9.09. The van der Waals surface area contributed by atoms with Crippen LogP contribution in [-0.4, -0.2) is 16.7 Å². The lowest BCUT2D eigenvalue weighted by Gasteiger charge is -2.19. The van der Waals surface area contributed by atoms with Crippen LogP contribution in [0.1, 0.15) is 26.3 Å². The van der Waals surface area contributed by atoms with Gasteiger partial charge in [0, 0.05) is 0 Å². The summed E-state index contributed by atoms with van der Waals surface area (Å²) < 4.78 is 5.14. The summed E-state index contributed by atoms with van der Waals surface area (Å²) in [7, 11) is 0. The van der Waals surface area contributed by atoms with Gasteiger partial charge in [0.15, 0.2) is 0 Å². The number of rotatable bonds is 3. The van der Waals surface area contributed by atoms with E-state index in [-0.39, 0.29) is 11.7 Å². The molecular formula is C13H17O3. The van der Waals surface area contributed by atoms with Gasteiger partial charge in [0.25, 0.3) is 0 Å². The average molecular weight is 221 g/mol. The molecule has 0 fully saturated rings. The van der Waals surface area contributed by atoms with Gasteiger partial charge in [0.05, 0.1) is 6.42 Å². The summed E-state index contributed by atoms with van der Waals surface area (Å²) >= 11 is 0. The van der Waals surface area contributed by atoms with Crippen LogP contribution in [0.15, 0.2) is 24.3 Å². The maximum atomic E-state index is 11.4. The Morgan fingerprint density at radius 1 is 1.31 bits per heavy atom. The van der Waals surface area contributed by atoms with Gasteiger partial charge in [-0.05, 0) is 44.9 Å². The standard InChI is InChI=1S/C13H17O3/c1-13(2,3)16-12(15)9-6-10-4-7-11(14)8-5-10/h4-5,7-9,14H,6H2,1-3H3. The van der Waals surface area contributed by atoms with Crippen molar-refractivity contribution in [3.63, 3.8) is 0 Å². The molecule has 0 bridgehead atoms. The molecule has 0 aromatic heterocycles. The lowest BCUT2D eigenvalue weighted by atomic mass is 10.1. The van der Waals surface area contributed by atoms with Crippen molar-refractivity contribution in [1.82, 2.24) is 0 Å². The van der Waals surface area contributed by atoms with Gasteiger partial charge in [0.2, 0.25) is 0 Å². The van der Waals surface area contributed by atoms with Crippen LogP contribution in [0.5, 0.6) is 5.75 Å². The fraction of sp³-hybridized carbons (Fsp3) is 0.385. The summed E-state index contributed by atoms with van der Waals surface area (Å²) in [5.41, 5.74) is 0.506. The largest absolute Gasteiger partial charge is 0.508 e. The molecule has 0 amide bonds. The third kappa shape index (κ3) is 4.82. The number of phenolic OH excluding ortho intramolecular Hbond substituents is 1. The number of hydrogen-bond acceptors (Lipinski definition) is 3. The van der Waals surface area contributed by atoms with Crippen LogP contribution in [0, 0.1) is 6.42 Å². The molecular weight excluding hydrogens is 204 g/mol. The quantitative estimate of drug-likeness (QED) is 0.797. The van der Waals surface area contributed by atoms with Crippen molar-refractivity contribution in [1.29, 1.82) is 0 Å². The molecule has 1 radical (unpaired) electrons. The van der Waals surface area contributed by atoms with Crippen LogP contribution in [0.2, 0.25) is 0 Å². The van der Waals surface area contributed by atoms with E-state index in [9.17, 15) is 4.79 Å². The number of ether oxygens (including phenoxy) is 1. The van der Waals surface area contributed by atoms with Gasteiger partial charge in [-0.3, -0.25) is 4.79 Å². The Hall–Kier alpha value is -1.51. The molecule has 1 aromatic rings. The third-order valence-electron chi connectivity index (χ3n) is 1.85. The first kappa shape index (κ1) is 12.6. The molecule has 16 heavy (non-hydrogen) atoms. The van der Waals surface area contributed by atoms with Gasteiger partial charge < -0.3 is 9.84 Å². The Morgan fingerprint density at radius 3 is 2.38 bits per heavy atom. The highest BCUT2D eigenvalue weighted by atomic mass is 16.6. The lowest BCUT2D eigenvalue weighted by Crippen LogP contribution is -2.24. The Balaban J connectivity index is 2.40. The SMILES string of the molecule is CC(C)(C)OC(=O)[CH]Cc1ccc(O)cc1. The fourth-order valence-corrected chi connectivity index (χ4v) is 1.18. The summed E-state index contributed by atoms with van der Waals surface area (Å²) in [5.74, 6) is -0.0957. The van der Waals surface area contributed by atoms with E-state index in [1.54, 1.807) is 24.3 Å². The zero-order valence-corrected chi connectivity index (χ0v) is 9.86. The molecule has 0 aliphatic carbocycles. The molecule has 3 heteroatoms. The van der Waals surface area contributed by atoms with Crippen molar-refractivity contribution in [2.24, 2.45) is 0 Å². The van der Waals surface area contributed by atoms with Crippen molar-refractivity contribution in [3.05, 3.63) is 36.2 Å². The molecule has 1 aromatic carbocycles. The normalized spacial score (nSPS) is 11.2. The van der Waals surface area contributed by atoms with Crippen LogP contribution in [-0.2, 0) is 16.0 Å². The molecule has 87 valence electrons. The monoisotopic (exact) mass is 221 g/mol. The van der Waals surface area contributed by atoms with Gasteiger partial charge in [-0.1, -0.05) is 12.1 Å². The van der Waals surface area contributed by atoms with Crippen molar-refractivity contribution in [2.45, 2.75) is 32.8 Å². The van der Waals surface area contributed by atoms with E-state index in [2.05, 4.69) is 0 Å². The number of phenols is 1. The number of hydrogen-bond donors (Lipinski definition) is 1. The van der Waals surface area contributed by atoms with E-state index in [1.807, 2.05) is 20.8 Å². The van der Waals surface area contributed by atoms with Crippen LogP contribution >= 0.6 is 0 Å². The molecule has 0 spiro atoms. The number of esters is 1. The second kappa shape index (κ2) is 5.01. The highest BCUT2D eigenvalue weighted by Gasteiger charge is 2.15. The molecule has 1 N–H and O–H groups in total. The summed E-state index contributed by atoms with van der Waals surface area (Å²) in [4.78, 5) is 11.4. The first-order chi connectivity index (χ1) is 7.37. The Kier molecular flexibility index (Phi) is 3.93. The average Bonchev–Trinajstić information content (AvgIpc) is 2.14. The molecule has 0 atom stereocenters. The Bertz CT molecular complexity index is 346. The summed E-state index contributed by atoms with van der Waals surface area (Å²) in [6, 6.07) is 6.74. The molecule has 0 unspecified atom stereocenters. The maximum absolute atomic E-state index is 11.4. The van der Waals surface area contributed by atoms with Crippen LogP contribution in [0.3, 0.4) is 0 Å². The van der Waals surface area contributed by atoms with E-state index in [0.717, 1.165) is 5.56 Å². The minimum absolute atomic E-state index is 0.223. The second-order valence-corrected chi connectivity index (χ2v) is 4.61. The van der Waals surface area contributed by atoms with Gasteiger partial charge in [0.1, 0.15) is 11.4 Å². The first-order valence-corrected chi connectivity index (χ1v) is 5.21. The zero-order valence-electron chi connectivity index (χ0n) is 9.86. The highest BCUT2D eigenvalue weighted by Crippen LogP contribution is 2.12. The fourth-order valence-electron chi connectivity index (χ4n) is 1.18. The third-order valence-corrected chi connectivity index (χ3v) is 1.85. The van der Waals surface area contributed by atoms with E-state index >= 15 is 0 Å². The minimum atomic E-state index is -0.456. The predicted molar refractivity (Wildman–Crippen MR) is 62.0 cm³/mol. The molecule has 3 nitrogen and oxygen atoms in total. The molecule has 0 saturated heterocycles. The molecule has 0 heterocycles. The smallest absolute Gasteiger partial charge is 0.310 e. The minimum Gasteiger partial charge on any atom is -0.508 e. The molecule has 0 saturated carbocycles. The van der Waals surface area contributed by atoms with Crippen molar-refractivity contribution < 1.29 is 14.6 Å². The van der Waals surface area contributed by atoms with Crippen molar-refractivity contribution in [2.75, 3.05) is 0 Å². The van der Waals surface area contributed by atoms with Gasteiger partial charge in [-0.15, -0.1) is 0 Å². The van der Waals surface area contributed by atoms with Gasteiger partial charge in [-0.2, -0.15) is 0 Å². The topological polar surface area (TPSA) is 46.5 Å². The van der Waals surface area contributed by atoms with E-state index in [4.69, 9.17) is 9.84 Å². The maximum Gasteiger partial charge on any atom is 0.310 e. The van der Waals surface area contributed by atoms with E-state index < -0.39 is 5.60 Å². The zero-order chi connectivity index (χ0) is 12.2. The number of aromatic hydroxyl groups is 1. The van der Waals surface area contributed by atoms with E-state index in [1.165, 1.54) is 6.42 Å². The van der Waals surface area contributed by atoms with Gasteiger partial charge >= 0.3 is 5.97 Å². The lowest BCUT2D eigenvalue weighted by molar-refractivity contribution is -0.150. The first-order valence-electron chi connectivity index (χ1n) is 5.21. The number of carbonyl (C=O) groups is 1.